The van der Waals surface area contributed by atoms with Gasteiger partial charge in [-0.2, -0.15) is 0 Å². The van der Waals surface area contributed by atoms with Crippen molar-refractivity contribution in [3.63, 3.8) is 0 Å². The molecule has 0 spiro atoms. The Balaban J connectivity index is 1.87. The van der Waals surface area contributed by atoms with Crippen LogP contribution in [0.15, 0.2) is 0 Å². The number of aliphatic hydroxyl groups excluding tert-OH is 1. The number of rotatable bonds is 4. The van der Waals surface area contributed by atoms with Crippen LogP contribution in [0, 0.1) is 0 Å². The quantitative estimate of drug-likeness (QED) is 0.713. The van der Waals surface area contributed by atoms with E-state index in [9.17, 15) is 15.0 Å². The first-order valence-corrected chi connectivity index (χ1v) is 7.22. The first-order chi connectivity index (χ1) is 8.58. The van der Waals surface area contributed by atoms with Gasteiger partial charge in [0.15, 0.2) is 0 Å². The summed E-state index contributed by atoms with van der Waals surface area (Å²) in [7, 11) is 0. The highest BCUT2D eigenvalue weighted by Crippen LogP contribution is 2.32. The summed E-state index contributed by atoms with van der Waals surface area (Å²) in [5.74, 6) is -0.102. The standard InChI is InChI=1S/C14H25NO3/c16-11-13(6-4-5-7-13)15-12(17)10-14(18)8-2-1-3-9-14/h16,18H,1-11H2,(H,15,17). The maximum atomic E-state index is 12.1. The molecule has 2 rings (SSSR count). The molecule has 1 amide bonds. The van der Waals surface area contributed by atoms with Crippen molar-refractivity contribution in [3.05, 3.63) is 0 Å². The summed E-state index contributed by atoms with van der Waals surface area (Å²) in [6.45, 7) is 0.0111. The minimum absolute atomic E-state index is 0.0111. The van der Waals surface area contributed by atoms with E-state index in [1.165, 1.54) is 0 Å². The van der Waals surface area contributed by atoms with Crippen molar-refractivity contribution in [2.24, 2.45) is 0 Å². The van der Waals surface area contributed by atoms with Crippen molar-refractivity contribution >= 4 is 5.91 Å². The largest absolute Gasteiger partial charge is 0.394 e. The topological polar surface area (TPSA) is 69.6 Å². The molecule has 4 nitrogen and oxygen atoms in total. The molecule has 4 heteroatoms. The van der Waals surface area contributed by atoms with Crippen LogP contribution in [0.1, 0.15) is 64.2 Å². The van der Waals surface area contributed by atoms with Gasteiger partial charge in [0.1, 0.15) is 0 Å². The molecule has 18 heavy (non-hydrogen) atoms. The summed E-state index contributed by atoms with van der Waals surface area (Å²) in [6, 6.07) is 0. The van der Waals surface area contributed by atoms with Gasteiger partial charge in [-0.15, -0.1) is 0 Å². The fraction of sp³-hybridized carbons (Fsp3) is 0.929. The van der Waals surface area contributed by atoms with E-state index in [-0.39, 0.29) is 18.9 Å². The predicted octanol–water partition coefficient (Wildman–Crippen LogP) is 1.49. The molecule has 0 aromatic rings. The Hall–Kier alpha value is -0.610. The molecule has 104 valence electrons. The molecule has 0 atom stereocenters. The molecule has 2 fully saturated rings. The first kappa shape index (κ1) is 13.8. The molecule has 2 aliphatic rings. The molecular formula is C14H25NO3. The van der Waals surface area contributed by atoms with Gasteiger partial charge in [0.05, 0.1) is 24.2 Å². The number of aliphatic hydroxyl groups is 2. The van der Waals surface area contributed by atoms with Crippen molar-refractivity contribution in [3.8, 4) is 0 Å². The number of amides is 1. The van der Waals surface area contributed by atoms with Gasteiger partial charge in [-0.25, -0.2) is 0 Å². The van der Waals surface area contributed by atoms with E-state index in [1.54, 1.807) is 0 Å². The lowest BCUT2D eigenvalue weighted by molar-refractivity contribution is -0.130. The molecule has 0 saturated heterocycles. The monoisotopic (exact) mass is 255 g/mol. The van der Waals surface area contributed by atoms with Gasteiger partial charge in [0.25, 0.3) is 0 Å². The van der Waals surface area contributed by atoms with Crippen LogP contribution in [-0.4, -0.2) is 33.9 Å². The average Bonchev–Trinajstić information content (AvgIpc) is 2.78. The molecule has 2 aliphatic carbocycles. The van der Waals surface area contributed by atoms with E-state index in [1.807, 2.05) is 0 Å². The molecule has 0 heterocycles. The van der Waals surface area contributed by atoms with E-state index in [4.69, 9.17) is 0 Å². The Labute approximate surface area is 109 Å². The van der Waals surface area contributed by atoms with Crippen LogP contribution >= 0.6 is 0 Å². The Morgan fingerprint density at radius 1 is 1.00 bits per heavy atom. The fourth-order valence-electron chi connectivity index (χ4n) is 3.40. The Morgan fingerprint density at radius 2 is 1.56 bits per heavy atom. The van der Waals surface area contributed by atoms with Gasteiger partial charge in [-0.1, -0.05) is 32.1 Å². The summed E-state index contributed by atoms with van der Waals surface area (Å²) in [5, 5.41) is 22.8. The predicted molar refractivity (Wildman–Crippen MR) is 69.1 cm³/mol. The van der Waals surface area contributed by atoms with Gasteiger partial charge in [0.2, 0.25) is 5.91 Å². The molecule has 0 aliphatic heterocycles. The number of carbonyl (C=O) groups excluding carboxylic acids is 1. The summed E-state index contributed by atoms with van der Waals surface area (Å²) in [6.07, 6.45) is 8.65. The van der Waals surface area contributed by atoms with Crippen molar-refractivity contribution < 1.29 is 15.0 Å². The highest BCUT2D eigenvalue weighted by Gasteiger charge is 2.37. The van der Waals surface area contributed by atoms with Crippen LogP contribution in [0.3, 0.4) is 0 Å². The molecule has 0 aromatic heterocycles. The molecular weight excluding hydrogens is 230 g/mol. The van der Waals surface area contributed by atoms with Crippen LogP contribution in [0.5, 0.6) is 0 Å². The van der Waals surface area contributed by atoms with Crippen molar-refractivity contribution in [1.29, 1.82) is 0 Å². The second-order valence-electron chi connectivity index (χ2n) is 6.16. The second-order valence-corrected chi connectivity index (χ2v) is 6.16. The molecule has 0 bridgehead atoms. The Bertz CT molecular complexity index is 291. The third kappa shape index (κ3) is 3.23. The Kier molecular flexibility index (Phi) is 4.28. The van der Waals surface area contributed by atoms with E-state index >= 15 is 0 Å². The second kappa shape index (κ2) is 5.57. The van der Waals surface area contributed by atoms with E-state index in [0.717, 1.165) is 57.8 Å². The summed E-state index contributed by atoms with van der Waals surface area (Å²) in [4.78, 5) is 12.1. The minimum atomic E-state index is -0.808. The van der Waals surface area contributed by atoms with Crippen LogP contribution in [0.2, 0.25) is 0 Å². The molecule has 0 radical (unpaired) electrons. The average molecular weight is 255 g/mol. The third-order valence-corrected chi connectivity index (χ3v) is 4.54. The molecule has 3 N–H and O–H groups in total. The number of hydrogen-bond acceptors (Lipinski definition) is 3. The molecule has 2 saturated carbocycles. The van der Waals surface area contributed by atoms with E-state index in [0.29, 0.717) is 0 Å². The first-order valence-electron chi connectivity index (χ1n) is 7.22. The number of nitrogens with one attached hydrogen (secondary N) is 1. The molecule has 0 unspecified atom stereocenters. The van der Waals surface area contributed by atoms with Crippen molar-refractivity contribution in [2.75, 3.05) is 6.61 Å². The van der Waals surface area contributed by atoms with Gasteiger partial charge in [-0.05, 0) is 25.7 Å². The van der Waals surface area contributed by atoms with E-state index < -0.39 is 11.1 Å². The van der Waals surface area contributed by atoms with Crippen molar-refractivity contribution in [2.45, 2.75) is 75.3 Å². The van der Waals surface area contributed by atoms with Crippen LogP contribution in [0.4, 0.5) is 0 Å². The summed E-state index contributed by atoms with van der Waals surface area (Å²) < 4.78 is 0. The number of carbonyl (C=O) groups is 1. The minimum Gasteiger partial charge on any atom is -0.394 e. The zero-order valence-corrected chi connectivity index (χ0v) is 11.1. The van der Waals surface area contributed by atoms with E-state index in [2.05, 4.69) is 5.32 Å². The highest BCUT2D eigenvalue weighted by atomic mass is 16.3. The Morgan fingerprint density at radius 3 is 2.11 bits per heavy atom. The SMILES string of the molecule is O=C(CC1(O)CCCCC1)NC1(CO)CCCC1. The zero-order valence-electron chi connectivity index (χ0n) is 11.1. The summed E-state index contributed by atoms with van der Waals surface area (Å²) >= 11 is 0. The zero-order chi connectivity index (χ0) is 13.1. The van der Waals surface area contributed by atoms with Crippen LogP contribution in [-0.2, 0) is 4.79 Å². The highest BCUT2D eigenvalue weighted by molar-refractivity contribution is 5.78. The smallest absolute Gasteiger partial charge is 0.223 e. The normalized spacial score (nSPS) is 25.9. The number of hydrogen-bond donors (Lipinski definition) is 3. The maximum Gasteiger partial charge on any atom is 0.223 e. The lowest BCUT2D eigenvalue weighted by Crippen LogP contribution is -2.51. The van der Waals surface area contributed by atoms with Gasteiger partial charge >= 0.3 is 0 Å². The van der Waals surface area contributed by atoms with Crippen molar-refractivity contribution in [1.82, 2.24) is 5.32 Å². The van der Waals surface area contributed by atoms with Gasteiger partial charge < -0.3 is 15.5 Å². The summed E-state index contributed by atoms with van der Waals surface area (Å²) in [5.41, 5.74) is -1.22. The third-order valence-electron chi connectivity index (χ3n) is 4.54. The maximum absolute atomic E-state index is 12.1. The molecule has 0 aromatic carbocycles. The van der Waals surface area contributed by atoms with Gasteiger partial charge in [-0.3, -0.25) is 4.79 Å². The lowest BCUT2D eigenvalue weighted by Gasteiger charge is -2.34. The fourth-order valence-corrected chi connectivity index (χ4v) is 3.40. The lowest BCUT2D eigenvalue weighted by atomic mass is 9.82. The van der Waals surface area contributed by atoms with Crippen LogP contribution < -0.4 is 5.32 Å². The van der Waals surface area contributed by atoms with Crippen LogP contribution in [0.25, 0.3) is 0 Å². The van der Waals surface area contributed by atoms with Gasteiger partial charge in [0, 0.05) is 0 Å².